The SMILES string of the molecule is CCOC(=O)[C@H](CSC(C)(C)C)NC(=O)CNC(=O)CC. The fourth-order valence-electron chi connectivity index (χ4n) is 1.29. The molecule has 0 bridgehead atoms. The summed E-state index contributed by atoms with van der Waals surface area (Å²) < 4.78 is 4.94. The van der Waals surface area contributed by atoms with Gasteiger partial charge in [0.15, 0.2) is 0 Å². The Bertz CT molecular complexity index is 366. The highest BCUT2D eigenvalue weighted by molar-refractivity contribution is 8.00. The van der Waals surface area contributed by atoms with Crippen molar-refractivity contribution in [1.82, 2.24) is 10.6 Å². The van der Waals surface area contributed by atoms with E-state index in [1.54, 1.807) is 25.6 Å². The first-order chi connectivity index (χ1) is 9.69. The number of amides is 2. The molecule has 1 atom stereocenters. The molecule has 0 radical (unpaired) electrons. The van der Waals surface area contributed by atoms with Crippen LogP contribution in [-0.2, 0) is 19.1 Å². The molecule has 0 aromatic heterocycles. The fourth-order valence-corrected chi connectivity index (χ4v) is 2.18. The van der Waals surface area contributed by atoms with Gasteiger partial charge in [-0.1, -0.05) is 27.7 Å². The van der Waals surface area contributed by atoms with Crippen LogP contribution in [0.5, 0.6) is 0 Å². The fraction of sp³-hybridized carbons (Fsp3) is 0.786. The van der Waals surface area contributed by atoms with E-state index in [0.717, 1.165) is 0 Å². The van der Waals surface area contributed by atoms with Crippen molar-refractivity contribution in [2.24, 2.45) is 0 Å². The summed E-state index contributed by atoms with van der Waals surface area (Å²) >= 11 is 1.56. The molecule has 0 rings (SSSR count). The smallest absolute Gasteiger partial charge is 0.329 e. The second-order valence-electron chi connectivity index (χ2n) is 5.43. The number of carbonyl (C=O) groups excluding carboxylic acids is 3. The number of ether oxygens (including phenoxy) is 1. The van der Waals surface area contributed by atoms with Crippen LogP contribution in [-0.4, -0.2) is 47.5 Å². The van der Waals surface area contributed by atoms with E-state index in [1.807, 2.05) is 20.8 Å². The first-order valence-corrected chi connectivity index (χ1v) is 8.04. The van der Waals surface area contributed by atoms with Crippen molar-refractivity contribution in [1.29, 1.82) is 0 Å². The Morgan fingerprint density at radius 1 is 1.14 bits per heavy atom. The van der Waals surface area contributed by atoms with Gasteiger partial charge in [-0.2, -0.15) is 11.8 Å². The van der Waals surface area contributed by atoms with Crippen molar-refractivity contribution in [3.05, 3.63) is 0 Å². The molecule has 6 nitrogen and oxygen atoms in total. The van der Waals surface area contributed by atoms with E-state index in [4.69, 9.17) is 4.74 Å². The first kappa shape index (κ1) is 19.8. The van der Waals surface area contributed by atoms with Crippen molar-refractivity contribution in [2.75, 3.05) is 18.9 Å². The highest BCUT2D eigenvalue weighted by atomic mass is 32.2. The predicted molar refractivity (Wildman–Crippen MR) is 84.1 cm³/mol. The normalized spacial score (nSPS) is 12.4. The Hall–Kier alpha value is -1.24. The summed E-state index contributed by atoms with van der Waals surface area (Å²) in [4.78, 5) is 34.7. The summed E-state index contributed by atoms with van der Waals surface area (Å²) in [5, 5.41) is 5.08. The second kappa shape index (κ2) is 9.65. The van der Waals surface area contributed by atoms with Crippen LogP contribution in [0, 0.1) is 0 Å². The summed E-state index contributed by atoms with van der Waals surface area (Å²) in [5.74, 6) is -0.633. The first-order valence-electron chi connectivity index (χ1n) is 7.06. The third-order valence-electron chi connectivity index (χ3n) is 2.36. The minimum atomic E-state index is -0.708. The predicted octanol–water partition coefficient (Wildman–Crippen LogP) is 1.09. The third-order valence-corrected chi connectivity index (χ3v) is 3.72. The molecule has 0 saturated carbocycles. The van der Waals surface area contributed by atoms with E-state index >= 15 is 0 Å². The zero-order valence-corrected chi connectivity index (χ0v) is 14.3. The van der Waals surface area contributed by atoms with Crippen molar-refractivity contribution < 1.29 is 19.1 Å². The zero-order chi connectivity index (χ0) is 16.5. The second-order valence-corrected chi connectivity index (χ2v) is 7.27. The maximum Gasteiger partial charge on any atom is 0.329 e. The van der Waals surface area contributed by atoms with Crippen molar-refractivity contribution in [3.63, 3.8) is 0 Å². The van der Waals surface area contributed by atoms with Gasteiger partial charge in [-0.15, -0.1) is 0 Å². The van der Waals surface area contributed by atoms with E-state index < -0.39 is 17.9 Å². The van der Waals surface area contributed by atoms with Gasteiger partial charge in [-0.3, -0.25) is 9.59 Å². The molecule has 0 spiro atoms. The van der Waals surface area contributed by atoms with Gasteiger partial charge < -0.3 is 15.4 Å². The molecule has 7 heteroatoms. The monoisotopic (exact) mass is 318 g/mol. The van der Waals surface area contributed by atoms with Crippen molar-refractivity contribution in [2.45, 2.75) is 51.8 Å². The molecule has 0 aromatic rings. The molecular weight excluding hydrogens is 292 g/mol. The Balaban J connectivity index is 4.48. The standard InChI is InChI=1S/C14H26N2O4S/c1-6-11(17)15-8-12(18)16-10(13(19)20-7-2)9-21-14(3,4)5/h10H,6-9H2,1-5H3,(H,15,17)(H,16,18)/t10-/m0/s1. The molecule has 2 amide bonds. The number of nitrogens with one attached hydrogen (secondary N) is 2. The molecule has 0 saturated heterocycles. The van der Waals surface area contributed by atoms with Gasteiger partial charge in [0.25, 0.3) is 0 Å². The van der Waals surface area contributed by atoms with Crippen LogP contribution < -0.4 is 10.6 Å². The lowest BCUT2D eigenvalue weighted by atomic mass is 10.3. The van der Waals surface area contributed by atoms with Gasteiger partial charge in [-0.05, 0) is 6.92 Å². The lowest BCUT2D eigenvalue weighted by molar-refractivity contribution is -0.146. The number of carbonyl (C=O) groups is 3. The Morgan fingerprint density at radius 2 is 1.76 bits per heavy atom. The minimum absolute atomic E-state index is 0.0219. The highest BCUT2D eigenvalue weighted by Crippen LogP contribution is 2.23. The van der Waals surface area contributed by atoms with Gasteiger partial charge in [0.2, 0.25) is 11.8 Å². The molecule has 0 fully saturated rings. The van der Waals surface area contributed by atoms with Gasteiger partial charge in [0.1, 0.15) is 6.04 Å². The van der Waals surface area contributed by atoms with E-state index in [1.165, 1.54) is 0 Å². The van der Waals surface area contributed by atoms with Crippen LogP contribution in [0.15, 0.2) is 0 Å². The molecule has 21 heavy (non-hydrogen) atoms. The minimum Gasteiger partial charge on any atom is -0.464 e. The molecule has 0 aliphatic rings. The average molecular weight is 318 g/mol. The van der Waals surface area contributed by atoms with Crippen LogP contribution >= 0.6 is 11.8 Å². The van der Waals surface area contributed by atoms with E-state index in [-0.39, 0.29) is 23.8 Å². The summed E-state index contributed by atoms with van der Waals surface area (Å²) in [6.07, 6.45) is 0.314. The highest BCUT2D eigenvalue weighted by Gasteiger charge is 2.24. The van der Waals surface area contributed by atoms with E-state index in [0.29, 0.717) is 12.2 Å². The van der Waals surface area contributed by atoms with Gasteiger partial charge in [-0.25, -0.2) is 4.79 Å². The number of hydrogen-bond donors (Lipinski definition) is 2. The number of thioether (sulfide) groups is 1. The topological polar surface area (TPSA) is 84.5 Å². The maximum absolute atomic E-state index is 11.9. The van der Waals surface area contributed by atoms with Crippen molar-refractivity contribution in [3.8, 4) is 0 Å². The lowest BCUT2D eigenvalue weighted by Crippen LogP contribution is -2.47. The summed E-state index contributed by atoms with van der Waals surface area (Å²) in [5.41, 5.74) is 0. The van der Waals surface area contributed by atoms with Crippen LogP contribution in [0.1, 0.15) is 41.0 Å². The number of esters is 1. The molecule has 0 aliphatic heterocycles. The van der Waals surface area contributed by atoms with Gasteiger partial charge in [0, 0.05) is 16.9 Å². The Morgan fingerprint density at radius 3 is 2.24 bits per heavy atom. The summed E-state index contributed by atoms with van der Waals surface area (Å²) in [7, 11) is 0. The number of hydrogen-bond acceptors (Lipinski definition) is 5. The molecule has 0 heterocycles. The van der Waals surface area contributed by atoms with Crippen LogP contribution in [0.4, 0.5) is 0 Å². The molecule has 122 valence electrons. The molecule has 2 N–H and O–H groups in total. The Kier molecular flexibility index (Phi) is 9.08. The molecule has 0 unspecified atom stereocenters. The quantitative estimate of drug-likeness (QED) is 0.655. The number of rotatable bonds is 8. The van der Waals surface area contributed by atoms with Crippen LogP contribution in [0.3, 0.4) is 0 Å². The van der Waals surface area contributed by atoms with Gasteiger partial charge >= 0.3 is 5.97 Å². The maximum atomic E-state index is 11.9. The average Bonchev–Trinajstić information content (AvgIpc) is 2.39. The third kappa shape index (κ3) is 10.2. The van der Waals surface area contributed by atoms with Crippen LogP contribution in [0.2, 0.25) is 0 Å². The molecule has 0 aromatic carbocycles. The zero-order valence-electron chi connectivity index (χ0n) is 13.4. The van der Waals surface area contributed by atoms with Crippen LogP contribution in [0.25, 0.3) is 0 Å². The molecule has 0 aliphatic carbocycles. The summed E-state index contributed by atoms with van der Waals surface area (Å²) in [6.45, 7) is 9.64. The van der Waals surface area contributed by atoms with E-state index in [2.05, 4.69) is 10.6 Å². The van der Waals surface area contributed by atoms with Crippen molar-refractivity contribution >= 4 is 29.5 Å². The molecular formula is C14H26N2O4S. The van der Waals surface area contributed by atoms with E-state index in [9.17, 15) is 14.4 Å². The lowest BCUT2D eigenvalue weighted by Gasteiger charge is -2.22. The Labute approximate surface area is 130 Å². The van der Waals surface area contributed by atoms with Gasteiger partial charge in [0.05, 0.1) is 13.2 Å². The largest absolute Gasteiger partial charge is 0.464 e. The summed E-state index contributed by atoms with van der Waals surface area (Å²) in [6, 6.07) is -0.708.